The van der Waals surface area contributed by atoms with E-state index in [4.69, 9.17) is 4.74 Å². The molecule has 1 aliphatic carbocycles. The molecule has 2 unspecified atom stereocenters. The molecule has 0 aromatic heterocycles. The van der Waals surface area contributed by atoms with Crippen molar-refractivity contribution in [2.24, 2.45) is 5.92 Å². The third kappa shape index (κ3) is 3.84. The van der Waals surface area contributed by atoms with Gasteiger partial charge < -0.3 is 9.64 Å². The highest BCUT2D eigenvalue weighted by atomic mass is 32.2. The van der Waals surface area contributed by atoms with Crippen molar-refractivity contribution >= 4 is 15.9 Å². The van der Waals surface area contributed by atoms with E-state index in [1.54, 1.807) is 31.4 Å². The predicted molar refractivity (Wildman–Crippen MR) is 115 cm³/mol. The lowest BCUT2D eigenvalue weighted by molar-refractivity contribution is -0.137. The molecule has 1 heterocycles. The summed E-state index contributed by atoms with van der Waals surface area (Å²) >= 11 is 0. The first kappa shape index (κ1) is 20.9. The van der Waals surface area contributed by atoms with Gasteiger partial charge in [-0.1, -0.05) is 24.3 Å². The molecule has 6 nitrogen and oxygen atoms in total. The van der Waals surface area contributed by atoms with E-state index in [9.17, 15) is 13.2 Å². The van der Waals surface area contributed by atoms with Gasteiger partial charge in [-0.2, -0.15) is 4.31 Å². The van der Waals surface area contributed by atoms with Gasteiger partial charge in [-0.05, 0) is 61.1 Å². The number of amides is 1. The lowest BCUT2D eigenvalue weighted by atomic mass is 9.97. The van der Waals surface area contributed by atoms with Crippen molar-refractivity contribution < 1.29 is 17.9 Å². The highest BCUT2D eigenvalue weighted by molar-refractivity contribution is 7.89. The molecular weight excluding hydrogens is 400 g/mol. The lowest BCUT2D eigenvalue weighted by Gasteiger charge is -2.35. The number of carbonyl (C=O) groups is 1. The van der Waals surface area contributed by atoms with Gasteiger partial charge in [0, 0.05) is 20.1 Å². The van der Waals surface area contributed by atoms with Gasteiger partial charge in [-0.15, -0.1) is 0 Å². The van der Waals surface area contributed by atoms with Gasteiger partial charge in [0.2, 0.25) is 15.9 Å². The highest BCUT2D eigenvalue weighted by Crippen LogP contribution is 2.36. The van der Waals surface area contributed by atoms with Crippen LogP contribution in [0.4, 0.5) is 0 Å². The first-order chi connectivity index (χ1) is 14.4. The van der Waals surface area contributed by atoms with Crippen LogP contribution in [0.5, 0.6) is 5.75 Å². The van der Waals surface area contributed by atoms with E-state index < -0.39 is 10.0 Å². The molecule has 0 N–H and O–H groups in total. The third-order valence-corrected chi connectivity index (χ3v) is 8.23. The molecule has 0 bridgehead atoms. The Morgan fingerprint density at radius 2 is 1.83 bits per heavy atom. The van der Waals surface area contributed by atoms with Crippen LogP contribution in [0.15, 0.2) is 53.4 Å². The average Bonchev–Trinajstić information content (AvgIpc) is 3.22. The van der Waals surface area contributed by atoms with Gasteiger partial charge in [-0.25, -0.2) is 8.42 Å². The minimum Gasteiger partial charge on any atom is -0.497 e. The molecule has 0 saturated carbocycles. The van der Waals surface area contributed by atoms with Crippen LogP contribution >= 0.6 is 0 Å². The highest BCUT2D eigenvalue weighted by Gasteiger charge is 2.37. The van der Waals surface area contributed by atoms with Crippen molar-refractivity contribution in [1.29, 1.82) is 0 Å². The maximum Gasteiger partial charge on any atom is 0.243 e. The van der Waals surface area contributed by atoms with Crippen molar-refractivity contribution in [3.63, 3.8) is 0 Å². The third-order valence-electron chi connectivity index (χ3n) is 6.35. The Balaban J connectivity index is 1.48. The van der Waals surface area contributed by atoms with Crippen LogP contribution in [0, 0.1) is 5.92 Å². The molecule has 2 aromatic rings. The standard InChI is InChI=1S/C23H28N2O4S/c1-24(22-14-9-17-6-3-4-8-21(17)22)23(26)18-7-5-15-25(16-18)30(27,28)20-12-10-19(29-2)11-13-20/h3-4,6,8,10-13,18,22H,5,7,9,14-16H2,1-2H3. The number of methoxy groups -OCH3 is 1. The second kappa shape index (κ2) is 8.40. The number of piperidine rings is 1. The SMILES string of the molecule is COc1ccc(S(=O)(=O)N2CCCC(C(=O)N(C)C3CCc4ccccc43)C2)cc1. The Hall–Kier alpha value is -2.38. The molecule has 4 rings (SSSR count). The Kier molecular flexibility index (Phi) is 5.84. The topological polar surface area (TPSA) is 66.9 Å². The Bertz CT molecular complexity index is 1020. The van der Waals surface area contributed by atoms with E-state index in [2.05, 4.69) is 12.1 Å². The summed E-state index contributed by atoms with van der Waals surface area (Å²) in [4.78, 5) is 15.3. The fraction of sp³-hybridized carbons (Fsp3) is 0.435. The number of nitrogens with zero attached hydrogens (tertiary/aromatic N) is 2. The molecule has 2 aromatic carbocycles. The Labute approximate surface area is 178 Å². The van der Waals surface area contributed by atoms with Crippen molar-refractivity contribution in [2.45, 2.75) is 36.6 Å². The number of hydrogen-bond acceptors (Lipinski definition) is 4. The quantitative estimate of drug-likeness (QED) is 0.733. The minimum absolute atomic E-state index is 0.0336. The van der Waals surface area contributed by atoms with E-state index in [0.717, 1.165) is 12.8 Å². The maximum atomic E-state index is 13.3. The zero-order valence-electron chi connectivity index (χ0n) is 17.5. The van der Waals surface area contributed by atoms with Gasteiger partial charge in [0.25, 0.3) is 0 Å². The summed E-state index contributed by atoms with van der Waals surface area (Å²) in [6, 6.07) is 14.7. The largest absolute Gasteiger partial charge is 0.497 e. The number of carbonyl (C=O) groups excluding carboxylic acids is 1. The molecular formula is C23H28N2O4S. The van der Waals surface area contributed by atoms with Crippen LogP contribution in [0.25, 0.3) is 0 Å². The summed E-state index contributed by atoms with van der Waals surface area (Å²) in [6.07, 6.45) is 3.29. The number of rotatable bonds is 5. The van der Waals surface area contributed by atoms with Crippen LogP contribution in [0.2, 0.25) is 0 Å². The molecule has 0 radical (unpaired) electrons. The van der Waals surface area contributed by atoms with E-state index in [1.807, 2.05) is 24.1 Å². The van der Waals surface area contributed by atoms with Crippen LogP contribution in [-0.4, -0.2) is 50.8 Å². The van der Waals surface area contributed by atoms with Crippen molar-refractivity contribution in [2.75, 3.05) is 27.2 Å². The Morgan fingerprint density at radius 3 is 2.57 bits per heavy atom. The van der Waals surface area contributed by atoms with Crippen molar-refractivity contribution in [1.82, 2.24) is 9.21 Å². The van der Waals surface area contributed by atoms with E-state index in [-0.39, 0.29) is 29.3 Å². The number of sulfonamides is 1. The fourth-order valence-corrected chi connectivity index (χ4v) is 6.16. The molecule has 2 aliphatic rings. The van der Waals surface area contributed by atoms with Gasteiger partial charge in [0.05, 0.1) is 24.0 Å². The monoisotopic (exact) mass is 428 g/mol. The maximum absolute atomic E-state index is 13.3. The molecule has 30 heavy (non-hydrogen) atoms. The van der Waals surface area contributed by atoms with E-state index in [0.29, 0.717) is 25.1 Å². The summed E-state index contributed by atoms with van der Waals surface area (Å²) < 4.78 is 32.8. The zero-order valence-corrected chi connectivity index (χ0v) is 18.3. The summed E-state index contributed by atoms with van der Waals surface area (Å²) in [7, 11) is -0.241. The van der Waals surface area contributed by atoms with Crippen molar-refractivity contribution in [3.8, 4) is 5.75 Å². The summed E-state index contributed by atoms with van der Waals surface area (Å²) in [6.45, 7) is 0.667. The summed E-state index contributed by atoms with van der Waals surface area (Å²) in [5.41, 5.74) is 2.52. The number of hydrogen-bond donors (Lipinski definition) is 0. The van der Waals surface area contributed by atoms with Gasteiger partial charge >= 0.3 is 0 Å². The smallest absolute Gasteiger partial charge is 0.243 e. The number of aryl methyl sites for hydroxylation is 1. The first-order valence-electron chi connectivity index (χ1n) is 10.4. The normalized spacial score (nSPS) is 21.8. The fourth-order valence-electron chi connectivity index (χ4n) is 4.64. The molecule has 1 saturated heterocycles. The second-order valence-electron chi connectivity index (χ2n) is 8.08. The average molecular weight is 429 g/mol. The molecule has 1 aliphatic heterocycles. The van der Waals surface area contributed by atoms with Crippen LogP contribution in [0.1, 0.15) is 36.4 Å². The molecule has 2 atom stereocenters. The number of fused-ring (bicyclic) bond motifs is 1. The molecule has 7 heteroatoms. The zero-order chi connectivity index (χ0) is 21.3. The van der Waals surface area contributed by atoms with Crippen LogP contribution in [0.3, 0.4) is 0 Å². The van der Waals surface area contributed by atoms with E-state index >= 15 is 0 Å². The summed E-state index contributed by atoms with van der Waals surface area (Å²) in [5.74, 6) is 0.329. The van der Waals surface area contributed by atoms with Crippen LogP contribution < -0.4 is 4.74 Å². The van der Waals surface area contributed by atoms with Gasteiger partial charge in [0.15, 0.2) is 0 Å². The van der Waals surface area contributed by atoms with Gasteiger partial charge in [0.1, 0.15) is 5.75 Å². The van der Waals surface area contributed by atoms with Gasteiger partial charge in [-0.3, -0.25) is 4.79 Å². The minimum atomic E-state index is -3.64. The molecule has 1 amide bonds. The molecule has 1 fully saturated rings. The Morgan fingerprint density at radius 1 is 1.10 bits per heavy atom. The van der Waals surface area contributed by atoms with Crippen LogP contribution in [-0.2, 0) is 21.2 Å². The first-order valence-corrected chi connectivity index (χ1v) is 11.8. The molecule has 0 spiro atoms. The lowest BCUT2D eigenvalue weighted by Crippen LogP contribution is -2.46. The summed E-state index contributed by atoms with van der Waals surface area (Å²) in [5, 5.41) is 0. The van der Waals surface area contributed by atoms with E-state index in [1.165, 1.54) is 15.4 Å². The number of benzene rings is 2. The molecule has 160 valence electrons. The van der Waals surface area contributed by atoms with Crippen molar-refractivity contribution in [3.05, 3.63) is 59.7 Å². The number of ether oxygens (including phenoxy) is 1. The second-order valence-corrected chi connectivity index (χ2v) is 10.0. The predicted octanol–water partition coefficient (Wildman–Crippen LogP) is 3.24.